The second-order valence-electron chi connectivity index (χ2n) is 6.81. The molecule has 0 fully saturated rings. The molecular formula is C22H25F5O2. The Bertz CT molecular complexity index is 724. The van der Waals surface area contributed by atoms with Crippen molar-refractivity contribution in [1.29, 1.82) is 0 Å². The van der Waals surface area contributed by atoms with Gasteiger partial charge in [0.1, 0.15) is 5.75 Å². The van der Waals surface area contributed by atoms with E-state index in [4.69, 9.17) is 4.74 Å². The van der Waals surface area contributed by atoms with Crippen molar-refractivity contribution in [1.82, 2.24) is 0 Å². The normalized spacial score (nSPS) is 12.2. The van der Waals surface area contributed by atoms with Gasteiger partial charge in [0.25, 0.3) is 0 Å². The van der Waals surface area contributed by atoms with Crippen molar-refractivity contribution in [2.75, 3.05) is 6.61 Å². The Kier molecular flexibility index (Phi) is 8.44. The standard InChI is InChI=1S/C22H25F5O2/c1-2-3-4-5-6-17-7-11-19(12-8-17)21(23,24)28-16-15-18-9-13-20(14-10-18)29-22(25,26)27/h7-14H,2-6,15-16H2,1H3. The zero-order valence-corrected chi connectivity index (χ0v) is 16.3. The zero-order chi connectivity index (χ0) is 21.3. The lowest BCUT2D eigenvalue weighted by Gasteiger charge is -2.17. The fraction of sp³-hybridized carbons (Fsp3) is 0.455. The third-order valence-corrected chi connectivity index (χ3v) is 4.44. The molecule has 7 heteroatoms. The van der Waals surface area contributed by atoms with Crippen molar-refractivity contribution < 1.29 is 31.4 Å². The smallest absolute Gasteiger partial charge is 0.406 e. The summed E-state index contributed by atoms with van der Waals surface area (Å²) in [5.74, 6) is -0.359. The summed E-state index contributed by atoms with van der Waals surface area (Å²) in [5.41, 5.74) is 1.36. The van der Waals surface area contributed by atoms with Crippen LogP contribution in [-0.4, -0.2) is 13.0 Å². The predicted octanol–water partition coefficient (Wildman–Crippen LogP) is 7.02. The summed E-state index contributed by atoms with van der Waals surface area (Å²) in [7, 11) is 0. The molecule has 0 saturated heterocycles. The minimum atomic E-state index is -4.77. The van der Waals surface area contributed by atoms with Crippen LogP contribution in [0.5, 0.6) is 5.75 Å². The largest absolute Gasteiger partial charge is 0.573 e. The van der Waals surface area contributed by atoms with Gasteiger partial charge in [-0.15, -0.1) is 13.2 Å². The summed E-state index contributed by atoms with van der Waals surface area (Å²) in [6, 6.07) is 11.2. The molecule has 0 amide bonds. The number of alkyl halides is 5. The highest BCUT2D eigenvalue weighted by Crippen LogP contribution is 2.30. The number of aryl methyl sites for hydroxylation is 1. The fourth-order valence-corrected chi connectivity index (χ4v) is 2.86. The first-order valence-electron chi connectivity index (χ1n) is 9.65. The lowest BCUT2D eigenvalue weighted by Crippen LogP contribution is -2.20. The van der Waals surface area contributed by atoms with E-state index in [-0.39, 0.29) is 24.3 Å². The lowest BCUT2D eigenvalue weighted by molar-refractivity contribution is -0.274. The molecule has 2 aromatic rings. The van der Waals surface area contributed by atoms with Crippen molar-refractivity contribution in [3.8, 4) is 5.75 Å². The van der Waals surface area contributed by atoms with E-state index in [0.29, 0.717) is 5.56 Å². The summed E-state index contributed by atoms with van der Waals surface area (Å²) in [4.78, 5) is 0. The van der Waals surface area contributed by atoms with Gasteiger partial charge in [0.05, 0.1) is 12.2 Å². The molecule has 0 spiro atoms. The summed E-state index contributed by atoms with van der Waals surface area (Å²) in [5, 5.41) is 0. The maximum atomic E-state index is 14.2. The molecule has 0 radical (unpaired) electrons. The van der Waals surface area contributed by atoms with Gasteiger partial charge in [-0.3, -0.25) is 0 Å². The van der Waals surface area contributed by atoms with Crippen LogP contribution in [0.25, 0.3) is 0 Å². The number of unbranched alkanes of at least 4 members (excludes halogenated alkanes) is 3. The minimum absolute atomic E-state index is 0.136. The predicted molar refractivity (Wildman–Crippen MR) is 101 cm³/mol. The van der Waals surface area contributed by atoms with Crippen LogP contribution >= 0.6 is 0 Å². The highest BCUT2D eigenvalue weighted by molar-refractivity contribution is 5.28. The Morgan fingerprint density at radius 3 is 1.90 bits per heavy atom. The highest BCUT2D eigenvalue weighted by Gasteiger charge is 2.33. The molecule has 2 aromatic carbocycles. The number of hydrogen-bond donors (Lipinski definition) is 0. The molecule has 0 unspecified atom stereocenters. The van der Waals surface area contributed by atoms with Crippen molar-refractivity contribution in [3.63, 3.8) is 0 Å². The molecule has 2 rings (SSSR count). The van der Waals surface area contributed by atoms with E-state index in [1.165, 1.54) is 30.7 Å². The lowest BCUT2D eigenvalue weighted by atomic mass is 10.0. The van der Waals surface area contributed by atoms with Gasteiger partial charge >= 0.3 is 12.5 Å². The molecule has 0 saturated carbocycles. The van der Waals surface area contributed by atoms with Crippen LogP contribution in [0.2, 0.25) is 0 Å². The average molecular weight is 416 g/mol. The molecule has 0 aromatic heterocycles. The first-order chi connectivity index (χ1) is 13.7. The number of benzene rings is 2. The molecule has 0 aliphatic rings. The minimum Gasteiger partial charge on any atom is -0.406 e. The Labute approximate surface area is 167 Å². The number of hydrogen-bond acceptors (Lipinski definition) is 2. The van der Waals surface area contributed by atoms with Gasteiger partial charge in [0.2, 0.25) is 0 Å². The van der Waals surface area contributed by atoms with Crippen LogP contribution in [-0.2, 0) is 23.7 Å². The van der Waals surface area contributed by atoms with Gasteiger partial charge in [-0.25, -0.2) is 0 Å². The molecule has 2 nitrogen and oxygen atoms in total. The van der Waals surface area contributed by atoms with Crippen molar-refractivity contribution in [2.24, 2.45) is 0 Å². The maximum Gasteiger partial charge on any atom is 0.573 e. The second-order valence-corrected chi connectivity index (χ2v) is 6.81. The molecule has 160 valence electrons. The first kappa shape index (κ1) is 23.1. The van der Waals surface area contributed by atoms with Crippen molar-refractivity contribution in [2.45, 2.75) is 57.9 Å². The van der Waals surface area contributed by atoms with E-state index < -0.39 is 12.5 Å². The van der Waals surface area contributed by atoms with Crippen LogP contribution in [0, 0.1) is 0 Å². The topological polar surface area (TPSA) is 18.5 Å². The molecule has 29 heavy (non-hydrogen) atoms. The fourth-order valence-electron chi connectivity index (χ4n) is 2.86. The van der Waals surface area contributed by atoms with Gasteiger partial charge in [-0.1, -0.05) is 62.6 Å². The van der Waals surface area contributed by atoms with Crippen LogP contribution in [0.4, 0.5) is 22.0 Å². The third kappa shape index (κ3) is 8.40. The summed E-state index contributed by atoms with van der Waals surface area (Å²) >= 11 is 0. The first-order valence-corrected chi connectivity index (χ1v) is 9.65. The second kappa shape index (κ2) is 10.6. The third-order valence-electron chi connectivity index (χ3n) is 4.44. The van der Waals surface area contributed by atoms with Crippen molar-refractivity contribution >= 4 is 0 Å². The zero-order valence-electron chi connectivity index (χ0n) is 16.3. The van der Waals surface area contributed by atoms with E-state index in [1.54, 1.807) is 12.1 Å². The van der Waals surface area contributed by atoms with Gasteiger partial charge < -0.3 is 9.47 Å². The van der Waals surface area contributed by atoms with Crippen molar-refractivity contribution in [3.05, 3.63) is 65.2 Å². The van der Waals surface area contributed by atoms with E-state index in [1.807, 2.05) is 0 Å². The quantitative estimate of drug-likeness (QED) is 0.290. The molecule has 0 N–H and O–H groups in total. The number of ether oxygens (including phenoxy) is 2. The summed E-state index contributed by atoms with van der Waals surface area (Å²) in [6.07, 6.45) is -2.72. The van der Waals surface area contributed by atoms with Crippen LogP contribution in [0.3, 0.4) is 0 Å². The van der Waals surface area contributed by atoms with Gasteiger partial charge in [-0.05, 0) is 42.5 Å². The molecule has 0 aliphatic carbocycles. The highest BCUT2D eigenvalue weighted by atomic mass is 19.4. The SMILES string of the molecule is CCCCCCc1ccc(C(F)(F)OCCc2ccc(OC(F)(F)F)cc2)cc1. The molecule has 0 atom stereocenters. The monoisotopic (exact) mass is 416 g/mol. The van der Waals surface area contributed by atoms with Gasteiger partial charge in [0.15, 0.2) is 0 Å². The number of halogens is 5. The summed E-state index contributed by atoms with van der Waals surface area (Å²) < 4.78 is 73.3. The van der Waals surface area contributed by atoms with Gasteiger partial charge in [-0.2, -0.15) is 8.78 Å². The van der Waals surface area contributed by atoms with E-state index >= 15 is 0 Å². The Morgan fingerprint density at radius 1 is 0.724 bits per heavy atom. The van der Waals surface area contributed by atoms with E-state index in [9.17, 15) is 22.0 Å². The van der Waals surface area contributed by atoms with Crippen LogP contribution < -0.4 is 4.74 Å². The Hall–Kier alpha value is -2.15. The summed E-state index contributed by atoms with van der Waals surface area (Å²) in [6.45, 7) is 1.86. The molecule has 0 heterocycles. The molecule has 0 bridgehead atoms. The maximum absolute atomic E-state index is 14.2. The Balaban J connectivity index is 1.81. The number of rotatable bonds is 11. The van der Waals surface area contributed by atoms with Crippen LogP contribution in [0.1, 0.15) is 49.3 Å². The van der Waals surface area contributed by atoms with Gasteiger partial charge in [0, 0.05) is 0 Å². The van der Waals surface area contributed by atoms with Crippen LogP contribution in [0.15, 0.2) is 48.5 Å². The molecular weight excluding hydrogens is 391 g/mol. The van der Waals surface area contributed by atoms with E-state index in [0.717, 1.165) is 43.4 Å². The van der Waals surface area contributed by atoms with E-state index in [2.05, 4.69) is 11.7 Å². The average Bonchev–Trinajstić information content (AvgIpc) is 2.66. The Morgan fingerprint density at radius 2 is 1.31 bits per heavy atom. The molecule has 0 aliphatic heterocycles.